The molecule has 2 nitrogen and oxygen atoms in total. The van der Waals surface area contributed by atoms with Gasteiger partial charge >= 0.3 is 29.0 Å². The van der Waals surface area contributed by atoms with Crippen molar-refractivity contribution in [2.24, 2.45) is 0 Å². The van der Waals surface area contributed by atoms with Crippen LogP contribution in [0.25, 0.3) is 0 Å². The van der Waals surface area contributed by atoms with Crippen LogP contribution in [0.5, 0.6) is 0 Å². The Bertz CT molecular complexity index is 135. The second kappa shape index (κ2) is 7.72. The minimum Gasteiger partial charge on any atom is -1.00 e. The average molecular weight is 138 g/mol. The molecule has 0 saturated carbocycles. The summed E-state index contributed by atoms with van der Waals surface area (Å²) in [7, 11) is 0. The standard InChI is InChI=1S/C6H8O2.Mg.2H/c1-2-3-4-5-6(7)8;;;/h2-5H,1H3,(H,7,8);;;/q;+2;2*-1. The molecular formula is C6H10MgO2. The Labute approximate surface area is 73.4 Å². The molecule has 0 spiro atoms. The maximum Gasteiger partial charge on any atom is 2.00 e. The topological polar surface area (TPSA) is 37.3 Å². The van der Waals surface area contributed by atoms with Gasteiger partial charge in [0.25, 0.3) is 0 Å². The van der Waals surface area contributed by atoms with Gasteiger partial charge in [0, 0.05) is 6.08 Å². The van der Waals surface area contributed by atoms with E-state index < -0.39 is 5.97 Å². The van der Waals surface area contributed by atoms with Gasteiger partial charge in [-0.3, -0.25) is 0 Å². The van der Waals surface area contributed by atoms with Crippen molar-refractivity contribution in [3.05, 3.63) is 24.3 Å². The molecule has 0 aromatic heterocycles. The van der Waals surface area contributed by atoms with Crippen molar-refractivity contribution in [3.8, 4) is 0 Å². The summed E-state index contributed by atoms with van der Waals surface area (Å²) in [5.41, 5.74) is 0. The molecule has 0 saturated heterocycles. The predicted octanol–water partition coefficient (Wildman–Crippen LogP) is 1.05. The van der Waals surface area contributed by atoms with Gasteiger partial charge in [0.05, 0.1) is 0 Å². The molecule has 0 aliphatic carbocycles. The van der Waals surface area contributed by atoms with E-state index in [1.54, 1.807) is 12.2 Å². The summed E-state index contributed by atoms with van der Waals surface area (Å²) >= 11 is 0. The Kier molecular flexibility index (Phi) is 9.86. The zero-order chi connectivity index (χ0) is 6.41. The van der Waals surface area contributed by atoms with Gasteiger partial charge in [-0.25, -0.2) is 4.79 Å². The summed E-state index contributed by atoms with van der Waals surface area (Å²) in [5, 5.41) is 8.02. The number of carboxylic acids is 1. The van der Waals surface area contributed by atoms with E-state index in [9.17, 15) is 4.79 Å². The van der Waals surface area contributed by atoms with Gasteiger partial charge in [-0.1, -0.05) is 18.2 Å². The molecule has 0 aliphatic heterocycles. The molecule has 3 heteroatoms. The van der Waals surface area contributed by atoms with Crippen molar-refractivity contribution < 1.29 is 12.8 Å². The Morgan fingerprint density at radius 3 is 2.44 bits per heavy atom. The zero-order valence-electron chi connectivity index (χ0n) is 7.37. The van der Waals surface area contributed by atoms with Gasteiger partial charge in [0.15, 0.2) is 0 Å². The quantitative estimate of drug-likeness (QED) is 0.352. The molecule has 0 bridgehead atoms. The van der Waals surface area contributed by atoms with E-state index in [1.807, 2.05) is 6.92 Å². The normalized spacial score (nSPS) is 9.89. The summed E-state index contributed by atoms with van der Waals surface area (Å²) in [6.45, 7) is 1.83. The number of carboxylic acid groups (broad SMARTS) is 1. The van der Waals surface area contributed by atoms with Crippen molar-refractivity contribution in [2.75, 3.05) is 0 Å². The second-order valence-electron chi connectivity index (χ2n) is 1.22. The van der Waals surface area contributed by atoms with Crippen molar-refractivity contribution in [3.63, 3.8) is 0 Å². The van der Waals surface area contributed by atoms with Crippen LogP contribution < -0.4 is 0 Å². The molecule has 0 rings (SSSR count). The van der Waals surface area contributed by atoms with Crippen LogP contribution in [-0.4, -0.2) is 34.1 Å². The summed E-state index contributed by atoms with van der Waals surface area (Å²) in [4.78, 5) is 9.75. The molecule has 0 aromatic rings. The maximum absolute atomic E-state index is 9.75. The number of allylic oxidation sites excluding steroid dienone is 3. The fraction of sp³-hybridized carbons (Fsp3) is 0.167. The second-order valence-corrected chi connectivity index (χ2v) is 1.22. The molecule has 0 unspecified atom stereocenters. The fourth-order valence-electron chi connectivity index (χ4n) is 0.249. The largest absolute Gasteiger partial charge is 2.00 e. The van der Waals surface area contributed by atoms with Gasteiger partial charge in [-0.15, -0.1) is 0 Å². The summed E-state index contributed by atoms with van der Waals surface area (Å²) in [5.74, 6) is -0.914. The number of carbonyl (C=O) groups is 1. The third-order valence-corrected chi connectivity index (χ3v) is 0.542. The van der Waals surface area contributed by atoms with Gasteiger partial charge in [-0.05, 0) is 6.92 Å². The minimum atomic E-state index is -0.914. The molecule has 0 atom stereocenters. The van der Waals surface area contributed by atoms with Gasteiger partial charge in [-0.2, -0.15) is 0 Å². The van der Waals surface area contributed by atoms with Crippen LogP contribution in [0.15, 0.2) is 24.3 Å². The first-order valence-corrected chi connectivity index (χ1v) is 2.29. The van der Waals surface area contributed by atoms with E-state index in [1.165, 1.54) is 6.08 Å². The molecule has 0 fully saturated rings. The first-order valence-electron chi connectivity index (χ1n) is 2.29. The molecule has 0 amide bonds. The van der Waals surface area contributed by atoms with Crippen molar-refractivity contribution >= 4 is 29.0 Å². The third-order valence-electron chi connectivity index (χ3n) is 0.542. The Morgan fingerprint density at radius 1 is 1.56 bits per heavy atom. The van der Waals surface area contributed by atoms with Gasteiger partial charge < -0.3 is 7.96 Å². The molecule has 0 radical (unpaired) electrons. The van der Waals surface area contributed by atoms with Crippen LogP contribution in [0.1, 0.15) is 9.78 Å². The first-order chi connectivity index (χ1) is 3.77. The van der Waals surface area contributed by atoms with E-state index in [4.69, 9.17) is 5.11 Å². The number of hydrogen-bond acceptors (Lipinski definition) is 1. The molecule has 48 valence electrons. The van der Waals surface area contributed by atoms with Crippen molar-refractivity contribution in [1.82, 2.24) is 0 Å². The van der Waals surface area contributed by atoms with Crippen LogP contribution in [0.4, 0.5) is 0 Å². The molecule has 0 heterocycles. The monoisotopic (exact) mass is 138 g/mol. The summed E-state index contributed by atoms with van der Waals surface area (Å²) in [6.07, 6.45) is 5.98. The van der Waals surface area contributed by atoms with E-state index in [0.29, 0.717) is 0 Å². The Hall–Kier alpha value is -0.284. The van der Waals surface area contributed by atoms with Crippen LogP contribution in [0.2, 0.25) is 0 Å². The maximum atomic E-state index is 9.75. The van der Waals surface area contributed by atoms with Crippen LogP contribution in [0, 0.1) is 0 Å². The van der Waals surface area contributed by atoms with Crippen molar-refractivity contribution in [2.45, 2.75) is 6.92 Å². The summed E-state index contributed by atoms with van der Waals surface area (Å²) in [6, 6.07) is 0. The van der Waals surface area contributed by atoms with Crippen molar-refractivity contribution in [1.29, 1.82) is 0 Å². The summed E-state index contributed by atoms with van der Waals surface area (Å²) < 4.78 is 0. The molecular weight excluding hydrogens is 128 g/mol. The number of hydrogen-bond donors (Lipinski definition) is 1. The number of aliphatic carboxylic acids is 1. The van der Waals surface area contributed by atoms with Crippen LogP contribution in [-0.2, 0) is 4.79 Å². The molecule has 1 N–H and O–H groups in total. The smallest absolute Gasteiger partial charge is 1.00 e. The molecule has 0 aliphatic rings. The van der Waals surface area contributed by atoms with E-state index in [2.05, 4.69) is 0 Å². The average Bonchev–Trinajstić information content (AvgIpc) is 1.66. The van der Waals surface area contributed by atoms with Crippen LogP contribution >= 0.6 is 0 Å². The predicted molar refractivity (Wildman–Crippen MR) is 39.6 cm³/mol. The molecule has 0 aromatic carbocycles. The van der Waals surface area contributed by atoms with E-state index in [-0.39, 0.29) is 25.9 Å². The van der Waals surface area contributed by atoms with E-state index >= 15 is 0 Å². The number of rotatable bonds is 2. The molecule has 9 heavy (non-hydrogen) atoms. The SMILES string of the molecule is CC=CC=CC(=O)O.[H-].[H-].[Mg+2]. The fourth-order valence-corrected chi connectivity index (χ4v) is 0.249. The van der Waals surface area contributed by atoms with Crippen LogP contribution in [0.3, 0.4) is 0 Å². The van der Waals surface area contributed by atoms with Gasteiger partial charge in [0.2, 0.25) is 0 Å². The zero-order valence-corrected chi connectivity index (χ0v) is 6.79. The van der Waals surface area contributed by atoms with Gasteiger partial charge in [0.1, 0.15) is 0 Å². The first kappa shape index (κ1) is 11.5. The minimum absolute atomic E-state index is 0. The van der Waals surface area contributed by atoms with E-state index in [0.717, 1.165) is 6.08 Å². The Balaban J connectivity index is -0.0000000817. The Morgan fingerprint density at radius 2 is 2.11 bits per heavy atom. The third kappa shape index (κ3) is 11.3.